The van der Waals surface area contributed by atoms with Crippen molar-refractivity contribution in [3.8, 4) is 5.75 Å². The van der Waals surface area contributed by atoms with Crippen LogP contribution in [0.1, 0.15) is 19.4 Å². The quantitative estimate of drug-likeness (QED) is 0.751. The second-order valence-corrected chi connectivity index (χ2v) is 7.79. The first kappa shape index (κ1) is 20.2. The predicted molar refractivity (Wildman–Crippen MR) is 102 cm³/mol. The van der Waals surface area contributed by atoms with Gasteiger partial charge in [-0.1, -0.05) is 29.8 Å². The van der Waals surface area contributed by atoms with Crippen LogP contribution in [0.3, 0.4) is 0 Å². The van der Waals surface area contributed by atoms with Gasteiger partial charge in [-0.2, -0.15) is 4.72 Å². The van der Waals surface area contributed by atoms with E-state index in [0.717, 1.165) is 5.56 Å². The fraction of sp³-hybridized carbons (Fsp3) is 0.278. The SMILES string of the molecule is CCOc1ccc(S(=O)(=O)N[C@H](C)C(=O)Nc2ccccc2C)cc1Cl. The number of amides is 1. The minimum atomic E-state index is -3.91. The van der Waals surface area contributed by atoms with E-state index in [0.29, 0.717) is 18.0 Å². The van der Waals surface area contributed by atoms with Crippen molar-refractivity contribution in [2.45, 2.75) is 31.7 Å². The predicted octanol–water partition coefficient (Wildman–Crippen LogP) is 3.35. The van der Waals surface area contributed by atoms with Crippen LogP contribution in [0.2, 0.25) is 5.02 Å². The highest BCUT2D eigenvalue weighted by atomic mass is 35.5. The number of ether oxygens (including phenoxy) is 1. The summed E-state index contributed by atoms with van der Waals surface area (Å²) in [6.07, 6.45) is 0. The fourth-order valence-corrected chi connectivity index (χ4v) is 3.76. The molecular weight excluding hydrogens is 376 g/mol. The standard InChI is InChI=1S/C18H21ClN2O4S/c1-4-25-17-10-9-14(11-15(17)19)26(23,24)21-13(3)18(22)20-16-8-6-5-7-12(16)2/h5-11,13,21H,4H2,1-3H3,(H,20,22)/t13-/m1/s1. The molecule has 0 unspecified atom stereocenters. The molecule has 2 aromatic carbocycles. The zero-order valence-corrected chi connectivity index (χ0v) is 16.3. The molecule has 0 aromatic heterocycles. The summed E-state index contributed by atoms with van der Waals surface area (Å²) in [6, 6.07) is 10.4. The molecule has 2 N–H and O–H groups in total. The van der Waals surface area contributed by atoms with Gasteiger partial charge in [-0.25, -0.2) is 8.42 Å². The van der Waals surface area contributed by atoms with Gasteiger partial charge in [0.1, 0.15) is 5.75 Å². The van der Waals surface area contributed by atoms with E-state index < -0.39 is 22.0 Å². The maximum Gasteiger partial charge on any atom is 0.242 e. The van der Waals surface area contributed by atoms with Gasteiger partial charge in [0, 0.05) is 5.69 Å². The minimum absolute atomic E-state index is 0.0403. The van der Waals surface area contributed by atoms with Crippen LogP contribution in [-0.4, -0.2) is 27.0 Å². The van der Waals surface area contributed by atoms with Gasteiger partial charge in [0.15, 0.2) is 0 Å². The van der Waals surface area contributed by atoms with Gasteiger partial charge < -0.3 is 10.1 Å². The van der Waals surface area contributed by atoms with Crippen molar-refractivity contribution in [2.24, 2.45) is 0 Å². The third-order valence-electron chi connectivity index (χ3n) is 3.64. The molecule has 26 heavy (non-hydrogen) atoms. The van der Waals surface area contributed by atoms with E-state index in [1.165, 1.54) is 25.1 Å². The Morgan fingerprint density at radius 2 is 1.92 bits per heavy atom. The lowest BCUT2D eigenvalue weighted by atomic mass is 10.2. The number of hydrogen-bond acceptors (Lipinski definition) is 4. The third-order valence-corrected chi connectivity index (χ3v) is 5.48. The number of rotatable bonds is 7. The summed E-state index contributed by atoms with van der Waals surface area (Å²) in [5.41, 5.74) is 1.52. The molecule has 0 saturated heterocycles. The molecule has 140 valence electrons. The number of sulfonamides is 1. The Bertz CT molecular complexity index is 900. The van der Waals surface area contributed by atoms with Crippen LogP contribution in [0.4, 0.5) is 5.69 Å². The molecule has 0 aliphatic heterocycles. The summed E-state index contributed by atoms with van der Waals surface area (Å²) >= 11 is 6.04. The summed E-state index contributed by atoms with van der Waals surface area (Å²) in [6.45, 7) is 5.55. The van der Waals surface area contributed by atoms with Gasteiger partial charge in [0.25, 0.3) is 0 Å². The molecule has 0 aliphatic rings. The topological polar surface area (TPSA) is 84.5 Å². The second kappa shape index (κ2) is 8.53. The van der Waals surface area contributed by atoms with Crippen molar-refractivity contribution < 1.29 is 17.9 Å². The van der Waals surface area contributed by atoms with Gasteiger partial charge in [-0.15, -0.1) is 0 Å². The zero-order valence-electron chi connectivity index (χ0n) is 14.7. The van der Waals surface area contributed by atoms with E-state index in [9.17, 15) is 13.2 Å². The Morgan fingerprint density at radius 1 is 1.23 bits per heavy atom. The highest BCUT2D eigenvalue weighted by molar-refractivity contribution is 7.89. The number of halogens is 1. The number of para-hydroxylation sites is 1. The van der Waals surface area contributed by atoms with Crippen LogP contribution in [0.25, 0.3) is 0 Å². The summed E-state index contributed by atoms with van der Waals surface area (Å²) in [5.74, 6) is -0.0571. The molecule has 6 nitrogen and oxygen atoms in total. The van der Waals surface area contributed by atoms with E-state index in [4.69, 9.17) is 16.3 Å². The Hall–Kier alpha value is -2.09. The van der Waals surface area contributed by atoms with Crippen molar-refractivity contribution in [1.29, 1.82) is 0 Å². The van der Waals surface area contributed by atoms with Crippen molar-refractivity contribution >= 4 is 33.2 Å². The van der Waals surface area contributed by atoms with E-state index >= 15 is 0 Å². The van der Waals surface area contributed by atoms with Crippen LogP contribution in [0.5, 0.6) is 5.75 Å². The summed E-state index contributed by atoms with van der Waals surface area (Å²) < 4.78 is 32.6. The molecule has 0 heterocycles. The smallest absolute Gasteiger partial charge is 0.242 e. The molecule has 8 heteroatoms. The molecular formula is C18H21ClN2O4S. The monoisotopic (exact) mass is 396 g/mol. The number of nitrogens with one attached hydrogen (secondary N) is 2. The lowest BCUT2D eigenvalue weighted by Gasteiger charge is -2.16. The van der Waals surface area contributed by atoms with Gasteiger partial charge in [-0.05, 0) is 50.6 Å². The Balaban J connectivity index is 2.11. The first-order chi connectivity index (χ1) is 12.2. The molecule has 0 fully saturated rings. The molecule has 0 bridgehead atoms. The molecule has 0 spiro atoms. The third kappa shape index (κ3) is 4.97. The van der Waals surface area contributed by atoms with Crippen molar-refractivity contribution in [2.75, 3.05) is 11.9 Å². The molecule has 2 rings (SSSR count). The lowest BCUT2D eigenvalue weighted by Crippen LogP contribution is -2.41. The molecule has 0 radical (unpaired) electrons. The summed E-state index contributed by atoms with van der Waals surface area (Å²) in [5, 5.41) is 2.90. The van der Waals surface area contributed by atoms with Crippen molar-refractivity contribution in [1.82, 2.24) is 4.72 Å². The van der Waals surface area contributed by atoms with Gasteiger partial charge in [0.05, 0.1) is 22.6 Å². The van der Waals surface area contributed by atoms with E-state index in [-0.39, 0.29) is 9.92 Å². The maximum atomic E-state index is 12.5. The first-order valence-electron chi connectivity index (χ1n) is 8.05. The molecule has 0 saturated carbocycles. The van der Waals surface area contributed by atoms with Crippen molar-refractivity contribution in [3.05, 3.63) is 53.1 Å². The normalized spacial score (nSPS) is 12.5. The van der Waals surface area contributed by atoms with Gasteiger partial charge >= 0.3 is 0 Å². The van der Waals surface area contributed by atoms with Gasteiger partial charge in [0.2, 0.25) is 15.9 Å². The van der Waals surface area contributed by atoms with Crippen LogP contribution in [0.15, 0.2) is 47.4 Å². The van der Waals surface area contributed by atoms with E-state index in [2.05, 4.69) is 10.0 Å². The molecule has 0 aliphatic carbocycles. The number of benzene rings is 2. The largest absolute Gasteiger partial charge is 0.492 e. The van der Waals surface area contributed by atoms with Crippen LogP contribution in [-0.2, 0) is 14.8 Å². The van der Waals surface area contributed by atoms with E-state index in [1.54, 1.807) is 19.1 Å². The summed E-state index contributed by atoms with van der Waals surface area (Å²) in [7, 11) is -3.91. The highest BCUT2D eigenvalue weighted by Crippen LogP contribution is 2.27. The van der Waals surface area contributed by atoms with E-state index in [1.807, 2.05) is 19.1 Å². The number of aryl methyl sites for hydroxylation is 1. The Kier molecular flexibility index (Phi) is 6.63. The van der Waals surface area contributed by atoms with Crippen LogP contribution in [0, 0.1) is 6.92 Å². The number of carbonyl (C=O) groups is 1. The molecule has 1 atom stereocenters. The number of anilines is 1. The highest BCUT2D eigenvalue weighted by Gasteiger charge is 2.23. The Morgan fingerprint density at radius 3 is 2.54 bits per heavy atom. The molecule has 1 amide bonds. The second-order valence-electron chi connectivity index (χ2n) is 5.67. The average Bonchev–Trinajstić information content (AvgIpc) is 2.58. The summed E-state index contributed by atoms with van der Waals surface area (Å²) in [4.78, 5) is 12.3. The van der Waals surface area contributed by atoms with Gasteiger partial charge in [-0.3, -0.25) is 4.79 Å². The fourth-order valence-electron chi connectivity index (χ4n) is 2.23. The molecule has 2 aromatic rings. The number of hydrogen-bond donors (Lipinski definition) is 2. The maximum absolute atomic E-state index is 12.5. The average molecular weight is 397 g/mol. The van der Waals surface area contributed by atoms with Crippen molar-refractivity contribution in [3.63, 3.8) is 0 Å². The number of carbonyl (C=O) groups excluding carboxylic acids is 1. The lowest BCUT2D eigenvalue weighted by molar-refractivity contribution is -0.117. The Labute approximate surface area is 158 Å². The minimum Gasteiger partial charge on any atom is -0.492 e. The van der Waals surface area contributed by atoms with Crippen LogP contribution < -0.4 is 14.8 Å². The first-order valence-corrected chi connectivity index (χ1v) is 9.92. The zero-order chi connectivity index (χ0) is 19.3. The van der Waals surface area contributed by atoms with Crippen LogP contribution >= 0.6 is 11.6 Å².